The minimum absolute atomic E-state index is 0.210. The standard InChI is InChI=1S/C20H17N3O4S2/c1-26-14-7-9-15(10-8-14)28-16-6-4-3-5-13(16)12-21-23-20-22-19(25)17(29-20)11-18(24)27-2/h3-12H,1-2H3,(H,22,23,25)/b17-11+,21-12?. The Morgan fingerprint density at radius 2 is 1.90 bits per heavy atom. The minimum atomic E-state index is -0.600. The van der Waals surface area contributed by atoms with Crippen LogP contribution < -0.4 is 10.1 Å². The molecule has 1 heterocycles. The molecule has 0 spiro atoms. The number of nitrogens with one attached hydrogen (secondary N) is 1. The fraction of sp³-hybridized carbons (Fsp3) is 0.100. The molecule has 1 aliphatic heterocycles. The number of thioether (sulfide) groups is 1. The van der Waals surface area contributed by atoms with Gasteiger partial charge < -0.3 is 9.47 Å². The molecule has 1 saturated heterocycles. The maximum absolute atomic E-state index is 11.8. The van der Waals surface area contributed by atoms with E-state index in [0.717, 1.165) is 38.9 Å². The van der Waals surface area contributed by atoms with E-state index in [2.05, 4.69) is 20.3 Å². The molecule has 0 bridgehead atoms. The fourth-order valence-corrected chi connectivity index (χ4v) is 3.89. The van der Waals surface area contributed by atoms with Crippen molar-refractivity contribution >= 4 is 46.8 Å². The van der Waals surface area contributed by atoms with Gasteiger partial charge in [-0.05, 0) is 42.1 Å². The molecular formula is C20H17N3O4S2. The van der Waals surface area contributed by atoms with Gasteiger partial charge in [0, 0.05) is 21.4 Å². The molecule has 1 aliphatic rings. The number of ether oxygens (including phenoxy) is 2. The molecule has 1 amide bonds. The average molecular weight is 428 g/mol. The van der Waals surface area contributed by atoms with Gasteiger partial charge in [-0.25, -0.2) is 4.79 Å². The molecule has 1 fully saturated rings. The third-order valence-corrected chi connectivity index (χ3v) is 5.65. The lowest BCUT2D eigenvalue weighted by Crippen LogP contribution is -2.19. The van der Waals surface area contributed by atoms with E-state index in [0.29, 0.717) is 5.17 Å². The number of methoxy groups -OCH3 is 2. The zero-order valence-corrected chi connectivity index (χ0v) is 17.3. The van der Waals surface area contributed by atoms with Gasteiger partial charge >= 0.3 is 5.97 Å². The van der Waals surface area contributed by atoms with Gasteiger partial charge in [0.1, 0.15) is 5.75 Å². The van der Waals surface area contributed by atoms with Crippen LogP contribution in [-0.4, -0.2) is 37.5 Å². The molecule has 7 nitrogen and oxygen atoms in total. The summed E-state index contributed by atoms with van der Waals surface area (Å²) in [6, 6.07) is 15.6. The number of benzene rings is 2. The molecule has 3 rings (SSSR count). The summed E-state index contributed by atoms with van der Waals surface area (Å²) < 4.78 is 9.70. The van der Waals surface area contributed by atoms with Gasteiger partial charge in [-0.2, -0.15) is 5.10 Å². The summed E-state index contributed by atoms with van der Waals surface area (Å²) in [6.07, 6.45) is 2.74. The van der Waals surface area contributed by atoms with Gasteiger partial charge in [0.15, 0.2) is 5.17 Å². The van der Waals surface area contributed by atoms with Crippen molar-refractivity contribution in [3.8, 4) is 5.75 Å². The van der Waals surface area contributed by atoms with E-state index in [1.165, 1.54) is 7.11 Å². The molecule has 2 aromatic rings. The van der Waals surface area contributed by atoms with Crippen LogP contribution >= 0.6 is 23.5 Å². The number of esters is 1. The minimum Gasteiger partial charge on any atom is -0.497 e. The Hall–Kier alpha value is -3.04. The van der Waals surface area contributed by atoms with Crippen LogP contribution in [0.3, 0.4) is 0 Å². The molecule has 29 heavy (non-hydrogen) atoms. The monoisotopic (exact) mass is 427 g/mol. The summed E-state index contributed by atoms with van der Waals surface area (Å²) in [5.74, 6) is -0.210. The Morgan fingerprint density at radius 3 is 2.62 bits per heavy atom. The molecular weight excluding hydrogens is 410 g/mol. The second-order valence-corrected chi connectivity index (χ2v) is 7.70. The molecule has 2 aromatic carbocycles. The summed E-state index contributed by atoms with van der Waals surface area (Å²) >= 11 is 2.62. The number of hydrogen-bond donors (Lipinski definition) is 1. The van der Waals surface area contributed by atoms with Crippen LogP contribution in [0.2, 0.25) is 0 Å². The van der Waals surface area contributed by atoms with E-state index < -0.39 is 11.9 Å². The van der Waals surface area contributed by atoms with Crippen LogP contribution in [0.25, 0.3) is 0 Å². The predicted octanol–water partition coefficient (Wildman–Crippen LogP) is 3.46. The summed E-state index contributed by atoms with van der Waals surface area (Å²) in [4.78, 5) is 25.4. The first-order chi connectivity index (χ1) is 14.1. The summed E-state index contributed by atoms with van der Waals surface area (Å²) in [7, 11) is 2.88. The first-order valence-electron chi connectivity index (χ1n) is 8.40. The number of nitrogens with zero attached hydrogens (tertiary/aromatic N) is 2. The largest absolute Gasteiger partial charge is 0.497 e. The third kappa shape index (κ3) is 5.72. The highest BCUT2D eigenvalue weighted by Crippen LogP contribution is 2.31. The highest BCUT2D eigenvalue weighted by molar-refractivity contribution is 8.18. The van der Waals surface area contributed by atoms with Crippen molar-refractivity contribution in [3.63, 3.8) is 0 Å². The first-order valence-corrected chi connectivity index (χ1v) is 10.0. The third-order valence-electron chi connectivity index (χ3n) is 3.65. The van der Waals surface area contributed by atoms with Gasteiger partial charge in [0.25, 0.3) is 5.91 Å². The molecule has 0 aliphatic carbocycles. The second-order valence-electron chi connectivity index (χ2n) is 5.55. The summed E-state index contributed by atoms with van der Waals surface area (Å²) in [5, 5.41) is 10.9. The smallest absolute Gasteiger partial charge is 0.331 e. The van der Waals surface area contributed by atoms with Crippen LogP contribution in [0, 0.1) is 0 Å². The summed E-state index contributed by atoms with van der Waals surface area (Å²) in [5.41, 5.74) is 0.886. The normalized spacial score (nSPS) is 16.4. The number of amides is 1. The lowest BCUT2D eigenvalue weighted by Gasteiger charge is -2.06. The topological polar surface area (TPSA) is 89.3 Å². The zero-order valence-electron chi connectivity index (χ0n) is 15.6. The molecule has 0 aromatic heterocycles. The van der Waals surface area contributed by atoms with Gasteiger partial charge in [0.05, 0.1) is 25.3 Å². The van der Waals surface area contributed by atoms with E-state index >= 15 is 0 Å². The molecule has 148 valence electrons. The second kappa shape index (κ2) is 9.94. The predicted molar refractivity (Wildman–Crippen MR) is 114 cm³/mol. The van der Waals surface area contributed by atoms with Crippen LogP contribution in [-0.2, 0) is 14.3 Å². The SMILES string of the molecule is COC(=O)/C=C1/S/C(=N\N=Cc2ccccc2Sc2ccc(OC)cc2)NC1=O. The maximum atomic E-state index is 11.8. The highest BCUT2D eigenvalue weighted by Gasteiger charge is 2.25. The molecule has 0 radical (unpaired) electrons. The number of rotatable bonds is 6. The van der Waals surface area contributed by atoms with E-state index in [4.69, 9.17) is 4.74 Å². The Labute approximate surface area is 176 Å². The van der Waals surface area contributed by atoms with Crippen LogP contribution in [0.1, 0.15) is 5.56 Å². The quantitative estimate of drug-likeness (QED) is 0.329. The molecule has 0 atom stereocenters. The van der Waals surface area contributed by atoms with Gasteiger partial charge in [0.2, 0.25) is 0 Å². The Morgan fingerprint density at radius 1 is 1.14 bits per heavy atom. The van der Waals surface area contributed by atoms with Crippen molar-refractivity contribution in [3.05, 3.63) is 65.1 Å². The number of carbonyl (C=O) groups is 2. The number of carbonyl (C=O) groups excluding carboxylic acids is 2. The molecule has 9 heteroatoms. The molecule has 0 saturated carbocycles. The Kier molecular flexibility index (Phi) is 7.09. The van der Waals surface area contributed by atoms with E-state index in [-0.39, 0.29) is 4.91 Å². The van der Waals surface area contributed by atoms with Crippen molar-refractivity contribution in [2.75, 3.05) is 14.2 Å². The number of amidine groups is 1. The summed E-state index contributed by atoms with van der Waals surface area (Å²) in [6.45, 7) is 0. The zero-order chi connectivity index (χ0) is 20.6. The van der Waals surface area contributed by atoms with Gasteiger partial charge in [-0.3, -0.25) is 10.1 Å². The Balaban J connectivity index is 1.71. The van der Waals surface area contributed by atoms with Crippen molar-refractivity contribution in [2.24, 2.45) is 10.2 Å². The van der Waals surface area contributed by atoms with Crippen molar-refractivity contribution in [1.29, 1.82) is 0 Å². The van der Waals surface area contributed by atoms with Crippen LogP contribution in [0.15, 0.2) is 79.5 Å². The van der Waals surface area contributed by atoms with Gasteiger partial charge in [-0.1, -0.05) is 30.0 Å². The van der Waals surface area contributed by atoms with E-state index in [1.54, 1.807) is 25.1 Å². The maximum Gasteiger partial charge on any atom is 0.331 e. The van der Waals surface area contributed by atoms with E-state index in [1.807, 2.05) is 48.5 Å². The van der Waals surface area contributed by atoms with Crippen LogP contribution in [0.5, 0.6) is 5.75 Å². The fourth-order valence-electron chi connectivity index (χ4n) is 2.24. The lowest BCUT2D eigenvalue weighted by molar-refractivity contribution is -0.135. The molecule has 1 N–H and O–H groups in total. The van der Waals surface area contributed by atoms with Crippen molar-refractivity contribution in [2.45, 2.75) is 9.79 Å². The number of hydrogen-bond acceptors (Lipinski definition) is 8. The van der Waals surface area contributed by atoms with Crippen molar-refractivity contribution < 1.29 is 19.1 Å². The van der Waals surface area contributed by atoms with Gasteiger partial charge in [-0.15, -0.1) is 5.10 Å². The average Bonchev–Trinajstić information content (AvgIpc) is 3.08. The first kappa shape index (κ1) is 20.7. The molecule has 0 unspecified atom stereocenters. The highest BCUT2D eigenvalue weighted by atomic mass is 32.2. The van der Waals surface area contributed by atoms with Crippen molar-refractivity contribution in [1.82, 2.24) is 5.32 Å². The lowest BCUT2D eigenvalue weighted by atomic mass is 10.2. The van der Waals surface area contributed by atoms with Crippen LogP contribution in [0.4, 0.5) is 0 Å². The Bertz CT molecular complexity index is 1000. The van der Waals surface area contributed by atoms with E-state index in [9.17, 15) is 9.59 Å².